The number of rotatable bonds is 2. The van der Waals surface area contributed by atoms with E-state index >= 15 is 0 Å². The number of nitrogens with one attached hydrogen (secondary N) is 2. The van der Waals surface area contributed by atoms with Crippen LogP contribution in [0.4, 0.5) is 0 Å². The van der Waals surface area contributed by atoms with Crippen LogP contribution in [0, 0.1) is 0 Å². The van der Waals surface area contributed by atoms with Crippen molar-refractivity contribution in [1.29, 1.82) is 0 Å². The fourth-order valence-electron chi connectivity index (χ4n) is 2.51. The van der Waals surface area contributed by atoms with Crippen molar-refractivity contribution < 1.29 is 9.59 Å². The largest absolute Gasteiger partial charge is 0.306 e. The van der Waals surface area contributed by atoms with E-state index in [9.17, 15) is 9.59 Å². The third-order valence-electron chi connectivity index (χ3n) is 3.63. The highest BCUT2D eigenvalue weighted by Gasteiger charge is 2.23. The molecule has 0 aliphatic carbocycles. The molecule has 20 heavy (non-hydrogen) atoms. The highest BCUT2D eigenvalue weighted by atomic mass is 16.2. The van der Waals surface area contributed by atoms with Crippen LogP contribution in [0.25, 0.3) is 10.8 Å². The summed E-state index contributed by atoms with van der Waals surface area (Å²) in [4.78, 5) is 24.0. The quantitative estimate of drug-likeness (QED) is 0.817. The molecule has 4 nitrogen and oxygen atoms in total. The molecule has 2 aromatic carbocycles. The fourth-order valence-corrected chi connectivity index (χ4v) is 2.51. The maximum absolute atomic E-state index is 12.1. The van der Waals surface area contributed by atoms with E-state index < -0.39 is 0 Å². The zero-order valence-corrected chi connectivity index (χ0v) is 11.1. The molecule has 1 heterocycles. The van der Waals surface area contributed by atoms with Crippen LogP contribution in [0.3, 0.4) is 0 Å². The monoisotopic (exact) mass is 268 g/mol. The molecule has 0 unspecified atom stereocenters. The molecule has 1 atom stereocenters. The second-order valence-corrected chi connectivity index (χ2v) is 5.03. The predicted octanol–water partition coefficient (Wildman–Crippen LogP) is 1.85. The van der Waals surface area contributed by atoms with E-state index in [0.29, 0.717) is 5.56 Å². The molecule has 0 spiro atoms. The van der Waals surface area contributed by atoms with Gasteiger partial charge in [-0.15, -0.1) is 0 Å². The number of amides is 2. The Morgan fingerprint density at radius 3 is 2.65 bits per heavy atom. The van der Waals surface area contributed by atoms with E-state index in [4.69, 9.17) is 0 Å². The number of fused-ring (bicyclic) bond motifs is 1. The molecule has 1 aliphatic rings. The van der Waals surface area contributed by atoms with Gasteiger partial charge in [0.1, 0.15) is 0 Å². The summed E-state index contributed by atoms with van der Waals surface area (Å²) in [5, 5.41) is 7.61. The van der Waals surface area contributed by atoms with Gasteiger partial charge < -0.3 is 5.32 Å². The molecule has 2 N–H and O–H groups in total. The van der Waals surface area contributed by atoms with Crippen molar-refractivity contribution in [2.75, 3.05) is 6.54 Å². The predicted molar refractivity (Wildman–Crippen MR) is 77.4 cm³/mol. The van der Waals surface area contributed by atoms with E-state index in [0.717, 1.165) is 30.2 Å². The zero-order chi connectivity index (χ0) is 13.9. The lowest BCUT2D eigenvalue weighted by atomic mass is 10.1. The third kappa shape index (κ3) is 2.56. The molecule has 0 bridgehead atoms. The molecule has 102 valence electrons. The average molecular weight is 268 g/mol. The van der Waals surface area contributed by atoms with Crippen LogP contribution in [0.2, 0.25) is 0 Å². The number of carbonyl (C=O) groups excluding carboxylic acids is 2. The number of hydrogen-bond donors (Lipinski definition) is 2. The fraction of sp³-hybridized carbons (Fsp3) is 0.250. The summed E-state index contributed by atoms with van der Waals surface area (Å²) in [7, 11) is 0. The SMILES string of the molecule is O=C(NC(=O)[C@@H]1CCCN1)c1ccc2ccccc2c1. The summed E-state index contributed by atoms with van der Waals surface area (Å²) in [6.45, 7) is 0.836. The van der Waals surface area contributed by atoms with Crippen molar-refractivity contribution in [2.45, 2.75) is 18.9 Å². The highest BCUT2D eigenvalue weighted by molar-refractivity contribution is 6.07. The van der Waals surface area contributed by atoms with Crippen LogP contribution in [0.1, 0.15) is 23.2 Å². The Kier molecular flexibility index (Phi) is 3.48. The Morgan fingerprint density at radius 1 is 1.10 bits per heavy atom. The normalized spacial score (nSPS) is 18.1. The first-order valence-corrected chi connectivity index (χ1v) is 6.81. The van der Waals surface area contributed by atoms with Crippen LogP contribution in [0.5, 0.6) is 0 Å². The second-order valence-electron chi connectivity index (χ2n) is 5.03. The lowest BCUT2D eigenvalue weighted by Crippen LogP contribution is -2.43. The van der Waals surface area contributed by atoms with Gasteiger partial charge in [0.05, 0.1) is 6.04 Å². The van der Waals surface area contributed by atoms with Gasteiger partial charge in [0.2, 0.25) is 5.91 Å². The summed E-state index contributed by atoms with van der Waals surface area (Å²) >= 11 is 0. The molecule has 2 aromatic rings. The molecule has 0 saturated carbocycles. The van der Waals surface area contributed by atoms with Gasteiger partial charge in [-0.25, -0.2) is 0 Å². The molecule has 2 amide bonds. The Balaban J connectivity index is 1.76. The van der Waals surface area contributed by atoms with Crippen LogP contribution in [-0.4, -0.2) is 24.4 Å². The van der Waals surface area contributed by atoms with Crippen molar-refractivity contribution in [3.63, 3.8) is 0 Å². The van der Waals surface area contributed by atoms with Gasteiger partial charge in [-0.3, -0.25) is 14.9 Å². The second kappa shape index (κ2) is 5.43. The van der Waals surface area contributed by atoms with Crippen molar-refractivity contribution in [3.05, 3.63) is 48.0 Å². The molecule has 1 fully saturated rings. The minimum Gasteiger partial charge on any atom is -0.306 e. The summed E-state index contributed by atoms with van der Waals surface area (Å²) < 4.78 is 0. The van der Waals surface area contributed by atoms with Crippen LogP contribution < -0.4 is 10.6 Å². The molecule has 0 aromatic heterocycles. The summed E-state index contributed by atoms with van der Waals surface area (Å²) in [5.41, 5.74) is 0.509. The van der Waals surface area contributed by atoms with Gasteiger partial charge in [0.15, 0.2) is 0 Å². The summed E-state index contributed by atoms with van der Waals surface area (Å²) in [6, 6.07) is 13.0. The first kappa shape index (κ1) is 12.8. The number of imide groups is 1. The van der Waals surface area contributed by atoms with E-state index in [-0.39, 0.29) is 17.9 Å². The minimum atomic E-state index is -0.338. The van der Waals surface area contributed by atoms with Crippen molar-refractivity contribution in [3.8, 4) is 0 Å². The van der Waals surface area contributed by atoms with Crippen molar-refractivity contribution >= 4 is 22.6 Å². The molecule has 1 aliphatic heterocycles. The van der Waals surface area contributed by atoms with Gasteiger partial charge >= 0.3 is 0 Å². The molecule has 1 saturated heterocycles. The van der Waals surface area contributed by atoms with Crippen molar-refractivity contribution in [1.82, 2.24) is 10.6 Å². The first-order chi connectivity index (χ1) is 9.74. The number of benzene rings is 2. The van der Waals surface area contributed by atoms with Crippen molar-refractivity contribution in [2.24, 2.45) is 0 Å². The Bertz CT molecular complexity index is 660. The Morgan fingerprint density at radius 2 is 1.90 bits per heavy atom. The summed E-state index contributed by atoms with van der Waals surface area (Å²) in [5.74, 6) is -0.574. The Hall–Kier alpha value is -2.20. The average Bonchev–Trinajstić information content (AvgIpc) is 3.01. The van der Waals surface area contributed by atoms with Gasteiger partial charge in [-0.2, -0.15) is 0 Å². The summed E-state index contributed by atoms with van der Waals surface area (Å²) in [6.07, 6.45) is 1.76. The van der Waals surface area contributed by atoms with E-state index in [1.54, 1.807) is 12.1 Å². The van der Waals surface area contributed by atoms with Crippen LogP contribution >= 0.6 is 0 Å². The maximum atomic E-state index is 12.1. The van der Waals surface area contributed by atoms with Gasteiger partial charge in [-0.05, 0) is 42.3 Å². The molecule has 4 heteroatoms. The molecule has 0 radical (unpaired) electrons. The standard InChI is InChI=1S/C16H16N2O2/c19-15(18-16(20)14-6-3-9-17-14)13-8-7-11-4-1-2-5-12(11)10-13/h1-2,4-5,7-8,10,14,17H,3,6,9H2,(H,18,19,20)/t14-/m0/s1. The highest BCUT2D eigenvalue weighted by Crippen LogP contribution is 2.15. The van der Waals surface area contributed by atoms with Gasteiger partial charge in [0.25, 0.3) is 5.91 Å². The van der Waals surface area contributed by atoms with Gasteiger partial charge in [0, 0.05) is 5.56 Å². The lowest BCUT2D eigenvalue weighted by molar-refractivity contribution is -0.121. The topological polar surface area (TPSA) is 58.2 Å². The van der Waals surface area contributed by atoms with Crippen LogP contribution in [-0.2, 0) is 4.79 Å². The zero-order valence-electron chi connectivity index (χ0n) is 11.1. The maximum Gasteiger partial charge on any atom is 0.257 e. The molecular formula is C16H16N2O2. The van der Waals surface area contributed by atoms with Crippen LogP contribution in [0.15, 0.2) is 42.5 Å². The molecule has 3 rings (SSSR count). The first-order valence-electron chi connectivity index (χ1n) is 6.81. The lowest BCUT2D eigenvalue weighted by Gasteiger charge is -2.10. The van der Waals surface area contributed by atoms with Gasteiger partial charge in [-0.1, -0.05) is 30.3 Å². The molecular weight excluding hydrogens is 252 g/mol. The van der Waals surface area contributed by atoms with E-state index in [1.165, 1.54) is 0 Å². The number of carbonyl (C=O) groups is 2. The number of hydrogen-bond acceptors (Lipinski definition) is 3. The minimum absolute atomic E-state index is 0.236. The van der Waals surface area contributed by atoms with E-state index in [2.05, 4.69) is 10.6 Å². The van der Waals surface area contributed by atoms with E-state index in [1.807, 2.05) is 30.3 Å². The Labute approximate surface area is 117 Å². The smallest absolute Gasteiger partial charge is 0.257 e. The third-order valence-corrected chi connectivity index (χ3v) is 3.63.